The topological polar surface area (TPSA) is 106 Å². The Kier molecular flexibility index (Phi) is 4.87. The number of hydrogen-bond acceptors (Lipinski definition) is 5. The predicted octanol–water partition coefficient (Wildman–Crippen LogP) is 0.437. The molecule has 0 radical (unpaired) electrons. The minimum Gasteiger partial charge on any atom is -0.497 e. The number of nitrogens with one attached hydrogen (secondary N) is 2. The Bertz CT molecular complexity index is 847. The number of methoxy groups -OCH3 is 1. The lowest BCUT2D eigenvalue weighted by Crippen LogP contribution is -2.36. The quantitative estimate of drug-likeness (QED) is 0.730. The van der Waals surface area contributed by atoms with E-state index >= 15 is 0 Å². The lowest BCUT2D eigenvalue weighted by atomic mass is 10.2. The van der Waals surface area contributed by atoms with Gasteiger partial charge in [0, 0.05) is 31.4 Å². The van der Waals surface area contributed by atoms with Crippen LogP contribution in [-0.2, 0) is 16.1 Å². The molecule has 0 bridgehead atoms. The second kappa shape index (κ2) is 7.26. The van der Waals surface area contributed by atoms with Crippen LogP contribution in [0.3, 0.4) is 0 Å². The summed E-state index contributed by atoms with van der Waals surface area (Å²) < 4.78 is 6.90. The molecule has 9 heteroatoms. The van der Waals surface area contributed by atoms with Crippen molar-refractivity contribution in [2.24, 2.45) is 0 Å². The van der Waals surface area contributed by atoms with E-state index in [-0.39, 0.29) is 12.3 Å². The van der Waals surface area contributed by atoms with Gasteiger partial charge in [-0.2, -0.15) is 5.10 Å². The van der Waals surface area contributed by atoms with Crippen molar-refractivity contribution in [1.82, 2.24) is 25.3 Å². The molecule has 1 aliphatic heterocycles. The number of hydrogen-bond donors (Lipinski definition) is 2. The molecule has 1 unspecified atom stereocenters. The maximum absolute atomic E-state index is 12.3. The van der Waals surface area contributed by atoms with Crippen LogP contribution in [0.5, 0.6) is 5.75 Å². The number of imide groups is 1. The van der Waals surface area contributed by atoms with Crippen LogP contribution in [0, 0.1) is 0 Å². The molecule has 4 amide bonds. The van der Waals surface area contributed by atoms with Crippen LogP contribution in [0.15, 0.2) is 36.7 Å². The molecule has 1 atom stereocenters. The van der Waals surface area contributed by atoms with E-state index in [1.54, 1.807) is 25.0 Å². The third kappa shape index (κ3) is 3.82. The Morgan fingerprint density at radius 2 is 2.19 bits per heavy atom. The molecule has 2 N–H and O–H groups in total. The smallest absolute Gasteiger partial charge is 0.322 e. The fraction of sp³-hybridized carbons (Fsp3) is 0.294. The van der Waals surface area contributed by atoms with Crippen LogP contribution in [0.25, 0.3) is 5.69 Å². The normalized spacial score (nSPS) is 16.2. The van der Waals surface area contributed by atoms with E-state index in [0.29, 0.717) is 6.54 Å². The number of amides is 4. The molecule has 0 saturated carbocycles. The number of aromatic nitrogens is 2. The van der Waals surface area contributed by atoms with E-state index in [1.807, 2.05) is 30.5 Å². The number of urea groups is 1. The minimum absolute atomic E-state index is 0.0852. The summed E-state index contributed by atoms with van der Waals surface area (Å²) in [5, 5.41) is 8.82. The summed E-state index contributed by atoms with van der Waals surface area (Å²) in [5.74, 6) is -0.00666. The second-order valence-corrected chi connectivity index (χ2v) is 5.96. The molecule has 2 heterocycles. The highest BCUT2D eigenvalue weighted by Crippen LogP contribution is 2.16. The SMILES string of the molecule is COc1cccc(-n2cc(CN(C)C(=O)CC3NC(=O)NC3=O)cn2)c1. The van der Waals surface area contributed by atoms with Crippen molar-refractivity contribution < 1.29 is 19.1 Å². The molecule has 9 nitrogen and oxygen atoms in total. The fourth-order valence-corrected chi connectivity index (χ4v) is 2.63. The van der Waals surface area contributed by atoms with Gasteiger partial charge in [-0.25, -0.2) is 9.48 Å². The van der Waals surface area contributed by atoms with Gasteiger partial charge in [-0.15, -0.1) is 0 Å². The monoisotopic (exact) mass is 357 g/mol. The fourth-order valence-electron chi connectivity index (χ4n) is 2.63. The molecule has 1 aromatic heterocycles. The molecule has 0 spiro atoms. The Labute approximate surface area is 149 Å². The molecule has 3 rings (SSSR count). The van der Waals surface area contributed by atoms with Gasteiger partial charge in [0.05, 0.1) is 25.4 Å². The van der Waals surface area contributed by atoms with Crippen molar-refractivity contribution >= 4 is 17.8 Å². The van der Waals surface area contributed by atoms with Gasteiger partial charge in [0.25, 0.3) is 5.91 Å². The van der Waals surface area contributed by atoms with Crippen molar-refractivity contribution in [2.75, 3.05) is 14.2 Å². The summed E-state index contributed by atoms with van der Waals surface area (Å²) in [4.78, 5) is 36.4. The lowest BCUT2D eigenvalue weighted by molar-refractivity contribution is -0.133. The van der Waals surface area contributed by atoms with Gasteiger partial charge < -0.3 is 15.0 Å². The summed E-state index contributed by atoms with van der Waals surface area (Å²) in [5.41, 5.74) is 1.68. The molecule has 136 valence electrons. The molecule has 1 aliphatic rings. The molecular weight excluding hydrogens is 338 g/mol. The third-order valence-electron chi connectivity index (χ3n) is 4.04. The Hall–Kier alpha value is -3.36. The van der Waals surface area contributed by atoms with E-state index in [2.05, 4.69) is 15.7 Å². The van der Waals surface area contributed by atoms with E-state index in [1.165, 1.54) is 4.90 Å². The van der Waals surface area contributed by atoms with Crippen molar-refractivity contribution in [3.05, 3.63) is 42.2 Å². The van der Waals surface area contributed by atoms with Crippen LogP contribution >= 0.6 is 0 Å². The number of rotatable bonds is 6. The van der Waals surface area contributed by atoms with Crippen LogP contribution in [0.1, 0.15) is 12.0 Å². The van der Waals surface area contributed by atoms with E-state index < -0.39 is 18.0 Å². The zero-order chi connectivity index (χ0) is 18.7. The highest BCUT2D eigenvalue weighted by Gasteiger charge is 2.32. The highest BCUT2D eigenvalue weighted by molar-refractivity contribution is 6.05. The Morgan fingerprint density at radius 1 is 1.38 bits per heavy atom. The number of ether oxygens (including phenoxy) is 1. The molecule has 2 aromatic rings. The Morgan fingerprint density at radius 3 is 2.88 bits per heavy atom. The van der Waals surface area contributed by atoms with Gasteiger partial charge >= 0.3 is 6.03 Å². The van der Waals surface area contributed by atoms with Gasteiger partial charge in [0.1, 0.15) is 11.8 Å². The maximum atomic E-state index is 12.3. The van der Waals surface area contributed by atoms with Crippen molar-refractivity contribution in [1.29, 1.82) is 0 Å². The first-order chi connectivity index (χ1) is 12.5. The summed E-state index contributed by atoms with van der Waals surface area (Å²) in [6.07, 6.45) is 3.41. The van der Waals surface area contributed by atoms with Crippen LogP contribution < -0.4 is 15.4 Å². The first kappa shape index (κ1) is 17.5. The van der Waals surface area contributed by atoms with Crippen LogP contribution in [0.4, 0.5) is 4.79 Å². The average Bonchev–Trinajstić information content (AvgIpc) is 3.21. The second-order valence-electron chi connectivity index (χ2n) is 5.96. The van der Waals surface area contributed by atoms with Crippen LogP contribution in [0.2, 0.25) is 0 Å². The molecule has 26 heavy (non-hydrogen) atoms. The number of carbonyl (C=O) groups is 3. The highest BCUT2D eigenvalue weighted by atomic mass is 16.5. The van der Waals surface area contributed by atoms with E-state index in [4.69, 9.17) is 4.74 Å². The number of carbonyl (C=O) groups excluding carboxylic acids is 3. The summed E-state index contributed by atoms with van der Waals surface area (Å²) in [6.45, 7) is 0.338. The third-order valence-corrected chi connectivity index (χ3v) is 4.04. The summed E-state index contributed by atoms with van der Waals surface area (Å²) in [6, 6.07) is 6.07. The van der Waals surface area contributed by atoms with Crippen molar-refractivity contribution in [3.8, 4) is 11.4 Å². The first-order valence-electron chi connectivity index (χ1n) is 7.99. The molecular formula is C17H19N5O4. The Balaban J connectivity index is 1.62. The van der Waals surface area contributed by atoms with Gasteiger partial charge in [0.2, 0.25) is 5.91 Å². The largest absolute Gasteiger partial charge is 0.497 e. The molecule has 1 aromatic carbocycles. The molecule has 1 fully saturated rings. The zero-order valence-electron chi connectivity index (χ0n) is 14.4. The predicted molar refractivity (Wildman–Crippen MR) is 91.7 cm³/mol. The standard InChI is InChI=1S/C17H19N5O4/c1-21(15(23)7-14-16(24)20-17(25)19-14)9-11-8-18-22(10-11)12-4-3-5-13(6-12)26-2/h3-6,8,10,14H,7,9H2,1-2H3,(H2,19,20,24,25). The zero-order valence-corrected chi connectivity index (χ0v) is 14.4. The average molecular weight is 357 g/mol. The number of benzene rings is 1. The van der Waals surface area contributed by atoms with Gasteiger partial charge in [-0.1, -0.05) is 6.07 Å². The molecule has 1 saturated heterocycles. The van der Waals surface area contributed by atoms with Crippen molar-refractivity contribution in [3.63, 3.8) is 0 Å². The van der Waals surface area contributed by atoms with Crippen LogP contribution in [-0.4, -0.2) is 52.7 Å². The van der Waals surface area contributed by atoms with E-state index in [9.17, 15) is 14.4 Å². The maximum Gasteiger partial charge on any atom is 0.322 e. The van der Waals surface area contributed by atoms with Gasteiger partial charge in [-0.3, -0.25) is 14.9 Å². The van der Waals surface area contributed by atoms with Gasteiger partial charge in [-0.05, 0) is 12.1 Å². The summed E-state index contributed by atoms with van der Waals surface area (Å²) >= 11 is 0. The van der Waals surface area contributed by atoms with Gasteiger partial charge in [0.15, 0.2) is 0 Å². The first-order valence-corrected chi connectivity index (χ1v) is 7.99. The van der Waals surface area contributed by atoms with E-state index in [0.717, 1.165) is 17.0 Å². The lowest BCUT2D eigenvalue weighted by Gasteiger charge is -2.17. The minimum atomic E-state index is -0.822. The molecule has 0 aliphatic carbocycles. The number of nitrogens with zero attached hydrogens (tertiary/aromatic N) is 3. The van der Waals surface area contributed by atoms with Crippen molar-refractivity contribution in [2.45, 2.75) is 19.0 Å². The summed E-state index contributed by atoms with van der Waals surface area (Å²) in [7, 11) is 3.24.